The van der Waals surface area contributed by atoms with Crippen molar-refractivity contribution >= 4 is 33.5 Å². The van der Waals surface area contributed by atoms with Crippen LogP contribution < -0.4 is 18.9 Å². The number of carbonyl (C=O) groups is 2. The quantitative estimate of drug-likeness (QED) is 0.249. The molecule has 0 aliphatic heterocycles. The van der Waals surface area contributed by atoms with E-state index in [4.69, 9.17) is 18.9 Å². The van der Waals surface area contributed by atoms with E-state index in [1.807, 2.05) is 12.1 Å². The highest BCUT2D eigenvalue weighted by Gasteiger charge is 2.17. The monoisotopic (exact) mass is 406 g/mol. The van der Waals surface area contributed by atoms with E-state index in [-0.39, 0.29) is 22.6 Å². The van der Waals surface area contributed by atoms with Gasteiger partial charge in [-0.15, -0.1) is 0 Å². The predicted octanol–water partition coefficient (Wildman–Crippen LogP) is 4.97. The fourth-order valence-corrected chi connectivity index (χ4v) is 2.93. The minimum Gasteiger partial charge on any atom is -0.493 e. The maximum absolute atomic E-state index is 12.0. The lowest BCUT2D eigenvalue weighted by Crippen LogP contribution is -2.09. The Morgan fingerprint density at radius 3 is 1.33 bits per heavy atom. The van der Waals surface area contributed by atoms with Crippen LogP contribution in [0.25, 0.3) is 21.5 Å². The topological polar surface area (TPSA) is 71.1 Å². The molecule has 0 amide bonds. The van der Waals surface area contributed by atoms with E-state index in [0.717, 1.165) is 21.5 Å². The molecule has 0 unspecified atom stereocenters. The summed E-state index contributed by atoms with van der Waals surface area (Å²) in [5.74, 6) is 0.262. The summed E-state index contributed by atoms with van der Waals surface area (Å²) in [6.07, 6.45) is 0. The van der Waals surface area contributed by atoms with E-state index in [1.165, 1.54) is 14.2 Å². The van der Waals surface area contributed by atoms with Crippen LogP contribution in [0.15, 0.2) is 60.7 Å². The molecule has 0 aliphatic carbocycles. The second-order valence-electron chi connectivity index (χ2n) is 6.85. The van der Waals surface area contributed by atoms with Crippen molar-refractivity contribution in [2.45, 2.75) is 13.8 Å². The van der Waals surface area contributed by atoms with Gasteiger partial charge in [-0.2, -0.15) is 0 Å². The summed E-state index contributed by atoms with van der Waals surface area (Å²) in [5.41, 5.74) is 0.544. The molecule has 0 heterocycles. The normalized spacial score (nSPS) is 10.5. The number of methoxy groups -OCH3 is 2. The summed E-state index contributed by atoms with van der Waals surface area (Å²) in [5, 5.41) is 3.29. The average molecular weight is 406 g/mol. The summed E-state index contributed by atoms with van der Waals surface area (Å²) in [6, 6.07) is 10.8. The maximum atomic E-state index is 12.0. The fraction of sp³-hybridized carbons (Fsp3) is 0.167. The second-order valence-corrected chi connectivity index (χ2v) is 6.85. The zero-order valence-corrected chi connectivity index (χ0v) is 17.3. The lowest BCUT2D eigenvalue weighted by atomic mass is 10.0. The molecule has 0 saturated heterocycles. The van der Waals surface area contributed by atoms with E-state index in [9.17, 15) is 9.59 Å². The Bertz CT molecular complexity index is 1110. The van der Waals surface area contributed by atoms with Crippen LogP contribution in [0.4, 0.5) is 0 Å². The molecule has 0 radical (unpaired) electrons. The first-order chi connectivity index (χ1) is 14.2. The number of benzene rings is 3. The first-order valence-electron chi connectivity index (χ1n) is 9.13. The zero-order valence-electron chi connectivity index (χ0n) is 17.3. The third-order valence-corrected chi connectivity index (χ3v) is 4.51. The van der Waals surface area contributed by atoms with Crippen molar-refractivity contribution in [2.24, 2.45) is 0 Å². The molecule has 154 valence electrons. The van der Waals surface area contributed by atoms with E-state index in [0.29, 0.717) is 11.5 Å². The van der Waals surface area contributed by atoms with Crippen molar-refractivity contribution < 1.29 is 28.5 Å². The summed E-state index contributed by atoms with van der Waals surface area (Å²) >= 11 is 0. The van der Waals surface area contributed by atoms with Gasteiger partial charge in [-0.1, -0.05) is 25.3 Å². The van der Waals surface area contributed by atoms with Crippen LogP contribution >= 0.6 is 0 Å². The van der Waals surface area contributed by atoms with Gasteiger partial charge in [0.25, 0.3) is 0 Å². The van der Waals surface area contributed by atoms with E-state index in [2.05, 4.69) is 13.2 Å². The molecule has 6 nitrogen and oxygen atoms in total. The highest BCUT2D eigenvalue weighted by Crippen LogP contribution is 2.40. The van der Waals surface area contributed by atoms with Crippen molar-refractivity contribution in [3.8, 4) is 23.0 Å². The van der Waals surface area contributed by atoms with Crippen LogP contribution in [0, 0.1) is 0 Å². The Morgan fingerprint density at radius 2 is 1.03 bits per heavy atom. The second kappa shape index (κ2) is 8.29. The van der Waals surface area contributed by atoms with Gasteiger partial charge in [0, 0.05) is 11.1 Å². The number of hydrogen-bond acceptors (Lipinski definition) is 6. The van der Waals surface area contributed by atoms with Crippen molar-refractivity contribution in [2.75, 3.05) is 14.2 Å². The molecule has 6 heteroatoms. The first-order valence-corrected chi connectivity index (χ1v) is 9.13. The van der Waals surface area contributed by atoms with E-state index < -0.39 is 11.9 Å². The van der Waals surface area contributed by atoms with Gasteiger partial charge < -0.3 is 18.9 Å². The highest BCUT2D eigenvalue weighted by atomic mass is 16.6. The largest absolute Gasteiger partial charge is 0.493 e. The Balaban J connectivity index is 2.24. The van der Waals surface area contributed by atoms with Gasteiger partial charge in [0.1, 0.15) is 0 Å². The van der Waals surface area contributed by atoms with Crippen LogP contribution in [0.1, 0.15) is 13.8 Å². The van der Waals surface area contributed by atoms with Crippen LogP contribution in [0.3, 0.4) is 0 Å². The smallest absolute Gasteiger partial charge is 0.338 e. The third kappa shape index (κ3) is 3.98. The van der Waals surface area contributed by atoms with E-state index >= 15 is 0 Å². The molecule has 30 heavy (non-hydrogen) atoms. The minimum absolute atomic E-state index is 0.266. The Hall–Kier alpha value is -3.80. The Labute approximate surface area is 174 Å². The molecular weight excluding hydrogens is 384 g/mol. The molecule has 3 rings (SSSR count). The lowest BCUT2D eigenvalue weighted by Gasteiger charge is -2.14. The van der Waals surface area contributed by atoms with Gasteiger partial charge in [-0.3, -0.25) is 0 Å². The molecule has 0 bridgehead atoms. The number of esters is 2. The van der Waals surface area contributed by atoms with Crippen molar-refractivity contribution in [1.29, 1.82) is 0 Å². The lowest BCUT2D eigenvalue weighted by molar-refractivity contribution is -0.131. The number of carbonyl (C=O) groups excluding carboxylic acids is 2. The summed E-state index contributed by atoms with van der Waals surface area (Å²) in [7, 11) is 3.00. The van der Waals surface area contributed by atoms with Crippen molar-refractivity contribution in [1.82, 2.24) is 0 Å². The van der Waals surface area contributed by atoms with Gasteiger partial charge >= 0.3 is 11.9 Å². The maximum Gasteiger partial charge on any atom is 0.338 e. The molecule has 0 aromatic heterocycles. The van der Waals surface area contributed by atoms with Gasteiger partial charge in [0.05, 0.1) is 14.2 Å². The molecule has 0 spiro atoms. The molecule has 0 N–H and O–H groups in total. The minimum atomic E-state index is -0.550. The third-order valence-electron chi connectivity index (χ3n) is 4.51. The molecule has 0 fully saturated rings. The average Bonchev–Trinajstić information content (AvgIpc) is 2.72. The van der Waals surface area contributed by atoms with Crippen LogP contribution in [-0.4, -0.2) is 26.2 Å². The van der Waals surface area contributed by atoms with Crippen molar-refractivity contribution in [3.05, 3.63) is 60.7 Å². The number of rotatable bonds is 6. The molecule has 3 aromatic rings. The van der Waals surface area contributed by atoms with Gasteiger partial charge in [0.15, 0.2) is 23.0 Å². The summed E-state index contributed by atoms with van der Waals surface area (Å²) in [6.45, 7) is 10.4. The highest BCUT2D eigenvalue weighted by molar-refractivity contribution is 6.10. The first kappa shape index (κ1) is 20.9. The number of hydrogen-bond donors (Lipinski definition) is 0. The van der Waals surface area contributed by atoms with Gasteiger partial charge in [-0.25, -0.2) is 9.59 Å². The summed E-state index contributed by atoms with van der Waals surface area (Å²) in [4.78, 5) is 24.1. The number of ether oxygens (including phenoxy) is 4. The van der Waals surface area contributed by atoms with Gasteiger partial charge in [-0.05, 0) is 59.7 Å². The molecule has 0 saturated carbocycles. The fourth-order valence-electron chi connectivity index (χ4n) is 2.93. The van der Waals surface area contributed by atoms with E-state index in [1.54, 1.807) is 38.1 Å². The Kier molecular flexibility index (Phi) is 5.78. The standard InChI is InChI=1S/C24H22O6/c1-13(2)23(25)29-21-11-17-15(9-19(21)27-5)7-8-16-10-20(28-6)22(12-18(16)17)30-24(26)14(3)4/h7-12H,1,3H2,2,4-6H3. The van der Waals surface area contributed by atoms with Crippen LogP contribution in [0.5, 0.6) is 23.0 Å². The molecule has 0 atom stereocenters. The van der Waals surface area contributed by atoms with Gasteiger partial charge in [0.2, 0.25) is 0 Å². The summed E-state index contributed by atoms with van der Waals surface area (Å²) < 4.78 is 21.6. The van der Waals surface area contributed by atoms with Crippen LogP contribution in [-0.2, 0) is 9.59 Å². The number of fused-ring (bicyclic) bond motifs is 3. The van der Waals surface area contributed by atoms with Crippen molar-refractivity contribution in [3.63, 3.8) is 0 Å². The molecule has 0 aliphatic rings. The molecular formula is C24H22O6. The molecule has 3 aromatic carbocycles. The Morgan fingerprint density at radius 1 is 0.667 bits per heavy atom. The predicted molar refractivity (Wildman–Crippen MR) is 115 cm³/mol. The van der Waals surface area contributed by atoms with Crippen LogP contribution in [0.2, 0.25) is 0 Å². The zero-order chi connectivity index (χ0) is 22.0. The SMILES string of the molecule is C=C(C)C(=O)Oc1cc2c(ccc3cc(OC)c(OC(=O)C(=C)C)cc32)cc1OC.